The van der Waals surface area contributed by atoms with Crippen molar-refractivity contribution in [2.24, 2.45) is 0 Å². The van der Waals surface area contributed by atoms with Crippen molar-refractivity contribution in [3.63, 3.8) is 0 Å². The quantitative estimate of drug-likeness (QED) is 0.451. The van der Waals surface area contributed by atoms with Crippen LogP contribution in [0.25, 0.3) is 0 Å². The molecule has 0 N–H and O–H groups in total. The summed E-state index contributed by atoms with van der Waals surface area (Å²) in [5.41, 5.74) is -3.68. The monoisotopic (exact) mass is 244 g/mol. The largest absolute Gasteiger partial charge is 0.446 e. The Morgan fingerprint density at radius 2 is 1.88 bits per heavy atom. The lowest BCUT2D eigenvalue weighted by Gasteiger charge is -2.04. The average molecular weight is 244 g/mol. The number of carbonyl (C=O) groups is 1. The highest BCUT2D eigenvalue weighted by Gasteiger charge is 2.28. The molecule has 84 valence electrons. The molecule has 0 unspecified atom stereocenters. The summed E-state index contributed by atoms with van der Waals surface area (Å²) >= 11 is -0.167. The van der Waals surface area contributed by atoms with Crippen molar-refractivity contribution in [3.8, 4) is 11.8 Å². The van der Waals surface area contributed by atoms with Gasteiger partial charge in [-0.15, -0.1) is 0 Å². The van der Waals surface area contributed by atoms with Crippen LogP contribution >= 0.6 is 11.8 Å². The molecule has 0 heterocycles. The third-order valence-corrected chi connectivity index (χ3v) is 2.25. The van der Waals surface area contributed by atoms with E-state index < -0.39 is 5.51 Å². The molecule has 0 radical (unpaired) electrons. The van der Waals surface area contributed by atoms with Crippen molar-refractivity contribution in [1.29, 1.82) is 0 Å². The molecular formula is C11H7F3OS. The van der Waals surface area contributed by atoms with Crippen LogP contribution in [-0.4, -0.2) is 11.8 Å². The maximum Gasteiger partial charge on any atom is 0.446 e. The van der Waals surface area contributed by atoms with E-state index in [1.807, 2.05) is 0 Å². The number of aldehydes is 1. The number of halogens is 3. The van der Waals surface area contributed by atoms with Crippen molar-refractivity contribution < 1.29 is 18.0 Å². The molecule has 1 nitrogen and oxygen atoms in total. The molecule has 1 aromatic rings. The molecule has 0 saturated heterocycles. The van der Waals surface area contributed by atoms with Gasteiger partial charge in [-0.1, -0.05) is 11.8 Å². The third-order valence-electron chi connectivity index (χ3n) is 1.51. The van der Waals surface area contributed by atoms with Gasteiger partial charge in [-0.2, -0.15) is 13.2 Å². The highest BCUT2D eigenvalue weighted by molar-refractivity contribution is 8.00. The van der Waals surface area contributed by atoms with Gasteiger partial charge in [0.05, 0.1) is 6.42 Å². The second kappa shape index (κ2) is 5.61. The van der Waals surface area contributed by atoms with Crippen LogP contribution in [0.3, 0.4) is 0 Å². The van der Waals surface area contributed by atoms with Crippen LogP contribution in [0.1, 0.15) is 12.0 Å². The zero-order valence-electron chi connectivity index (χ0n) is 8.04. The standard InChI is InChI=1S/C11H7F3OS/c12-11(13,14)16-10-6-4-9(5-7-10)3-1-2-8-15/h4-8H,2H2. The Kier molecular flexibility index (Phi) is 4.44. The molecule has 0 aliphatic rings. The van der Waals surface area contributed by atoms with Crippen LogP contribution in [0, 0.1) is 11.8 Å². The molecular weight excluding hydrogens is 237 g/mol. The molecule has 0 fully saturated rings. The van der Waals surface area contributed by atoms with Crippen LogP contribution in [0.5, 0.6) is 0 Å². The van der Waals surface area contributed by atoms with E-state index in [-0.39, 0.29) is 23.1 Å². The number of rotatable bonds is 2. The minimum absolute atomic E-state index is 0.119. The molecule has 1 rings (SSSR count). The molecule has 0 bridgehead atoms. The SMILES string of the molecule is O=CCC#Cc1ccc(SC(F)(F)F)cc1. The number of thioether (sulfide) groups is 1. The number of carbonyl (C=O) groups excluding carboxylic acids is 1. The minimum Gasteiger partial charge on any atom is -0.302 e. The van der Waals surface area contributed by atoms with Crippen LogP contribution in [0.2, 0.25) is 0 Å². The maximum atomic E-state index is 12.0. The smallest absolute Gasteiger partial charge is 0.302 e. The Bertz CT molecular complexity index is 412. The predicted molar refractivity (Wildman–Crippen MR) is 55.9 cm³/mol. The molecule has 0 amide bonds. The molecule has 0 aliphatic carbocycles. The highest BCUT2D eigenvalue weighted by Crippen LogP contribution is 2.36. The van der Waals surface area contributed by atoms with E-state index in [1.165, 1.54) is 24.3 Å². The summed E-state index contributed by atoms with van der Waals surface area (Å²) in [5, 5.41) is 0. The van der Waals surface area contributed by atoms with Crippen LogP contribution in [-0.2, 0) is 4.79 Å². The lowest BCUT2D eigenvalue weighted by Crippen LogP contribution is -1.98. The fraction of sp³-hybridized carbons (Fsp3) is 0.182. The topological polar surface area (TPSA) is 17.1 Å². The van der Waals surface area contributed by atoms with Gasteiger partial charge in [-0.3, -0.25) is 0 Å². The first-order valence-electron chi connectivity index (χ1n) is 4.29. The van der Waals surface area contributed by atoms with E-state index >= 15 is 0 Å². The maximum absolute atomic E-state index is 12.0. The van der Waals surface area contributed by atoms with Gasteiger partial charge in [0.25, 0.3) is 0 Å². The molecule has 1 aromatic carbocycles. The first-order valence-corrected chi connectivity index (χ1v) is 5.11. The zero-order valence-corrected chi connectivity index (χ0v) is 8.86. The summed E-state index contributed by atoms with van der Waals surface area (Å²) in [6.45, 7) is 0. The Morgan fingerprint density at radius 3 is 2.38 bits per heavy atom. The van der Waals surface area contributed by atoms with E-state index in [2.05, 4.69) is 11.8 Å². The predicted octanol–water partition coefficient (Wildman–Crippen LogP) is 3.24. The van der Waals surface area contributed by atoms with Gasteiger partial charge in [-0.25, -0.2) is 0 Å². The van der Waals surface area contributed by atoms with E-state index in [0.717, 1.165) is 0 Å². The second-order valence-electron chi connectivity index (χ2n) is 2.74. The average Bonchev–Trinajstić information content (AvgIpc) is 2.19. The van der Waals surface area contributed by atoms with Crippen molar-refractivity contribution >= 4 is 18.0 Å². The first-order chi connectivity index (χ1) is 7.51. The van der Waals surface area contributed by atoms with Crippen LogP contribution < -0.4 is 0 Å². The van der Waals surface area contributed by atoms with Gasteiger partial charge >= 0.3 is 5.51 Å². The van der Waals surface area contributed by atoms with Gasteiger partial charge in [0.2, 0.25) is 0 Å². The van der Waals surface area contributed by atoms with Crippen LogP contribution in [0.15, 0.2) is 29.2 Å². The normalized spacial score (nSPS) is 10.4. The van der Waals surface area contributed by atoms with E-state index in [4.69, 9.17) is 0 Å². The summed E-state index contributed by atoms with van der Waals surface area (Å²) in [5.74, 6) is 5.24. The van der Waals surface area contributed by atoms with Gasteiger partial charge in [0.1, 0.15) is 6.29 Å². The van der Waals surface area contributed by atoms with Gasteiger partial charge in [-0.05, 0) is 36.0 Å². The summed E-state index contributed by atoms with van der Waals surface area (Å²) in [6.07, 6.45) is 0.792. The van der Waals surface area contributed by atoms with Crippen molar-refractivity contribution in [2.45, 2.75) is 16.8 Å². The highest BCUT2D eigenvalue weighted by atomic mass is 32.2. The molecule has 0 aromatic heterocycles. The van der Waals surface area contributed by atoms with E-state index in [9.17, 15) is 18.0 Å². The van der Waals surface area contributed by atoms with Crippen molar-refractivity contribution in [2.75, 3.05) is 0 Å². The third kappa shape index (κ3) is 4.89. The Balaban J connectivity index is 2.69. The molecule has 0 saturated carbocycles. The second-order valence-corrected chi connectivity index (χ2v) is 3.88. The zero-order chi connectivity index (χ0) is 12.0. The Morgan fingerprint density at radius 1 is 1.25 bits per heavy atom. The molecule has 0 aliphatic heterocycles. The molecule has 16 heavy (non-hydrogen) atoms. The molecule has 0 spiro atoms. The fourth-order valence-corrected chi connectivity index (χ4v) is 1.47. The summed E-state index contributed by atoms with van der Waals surface area (Å²) in [7, 11) is 0. The number of alkyl halides is 3. The number of benzene rings is 1. The number of hydrogen-bond acceptors (Lipinski definition) is 2. The lowest BCUT2D eigenvalue weighted by molar-refractivity contribution is -0.107. The molecule has 0 atom stereocenters. The lowest BCUT2D eigenvalue weighted by atomic mass is 10.2. The Hall–Kier alpha value is -1.41. The fourth-order valence-electron chi connectivity index (χ4n) is 0.935. The minimum atomic E-state index is -4.27. The number of hydrogen-bond donors (Lipinski definition) is 0. The van der Waals surface area contributed by atoms with E-state index in [1.54, 1.807) is 0 Å². The summed E-state index contributed by atoms with van der Waals surface area (Å²) in [6, 6.07) is 5.68. The summed E-state index contributed by atoms with van der Waals surface area (Å²) < 4.78 is 36.0. The summed E-state index contributed by atoms with van der Waals surface area (Å²) in [4.78, 5) is 10.1. The van der Waals surface area contributed by atoms with Gasteiger partial charge in [0.15, 0.2) is 0 Å². The molecule has 5 heteroatoms. The Labute approximate surface area is 95.0 Å². The van der Waals surface area contributed by atoms with E-state index in [0.29, 0.717) is 11.8 Å². The van der Waals surface area contributed by atoms with Crippen molar-refractivity contribution in [1.82, 2.24) is 0 Å². The van der Waals surface area contributed by atoms with Crippen LogP contribution in [0.4, 0.5) is 13.2 Å². The van der Waals surface area contributed by atoms with Crippen molar-refractivity contribution in [3.05, 3.63) is 29.8 Å². The van der Waals surface area contributed by atoms with Gasteiger partial charge < -0.3 is 4.79 Å². The first kappa shape index (κ1) is 12.7. The van der Waals surface area contributed by atoms with Gasteiger partial charge in [0, 0.05) is 10.5 Å².